The monoisotopic (exact) mass is 247 g/mol. The van der Waals surface area contributed by atoms with E-state index in [2.05, 4.69) is 16.5 Å². The number of amides is 2. The van der Waals surface area contributed by atoms with Gasteiger partial charge in [0, 0.05) is 5.02 Å². The largest absolute Gasteiger partial charge is 0.352 e. The maximum Gasteiger partial charge on any atom is 0.309 e. The van der Waals surface area contributed by atoms with Gasteiger partial charge in [-0.15, -0.1) is 0 Å². The highest BCUT2D eigenvalue weighted by molar-refractivity contribution is 6.36. The maximum atomic E-state index is 9.83. The van der Waals surface area contributed by atoms with Gasteiger partial charge in [0.1, 0.15) is 0 Å². The molecule has 7 heteroatoms. The number of aliphatic imine (C=N–C) groups is 1. The second-order valence-electron chi connectivity index (χ2n) is 2.20. The van der Waals surface area contributed by atoms with Crippen molar-refractivity contribution in [3.63, 3.8) is 0 Å². The number of hydrogen-bond donors (Lipinski definition) is 2. The number of primary amides is 2. The van der Waals surface area contributed by atoms with E-state index in [1.165, 1.54) is 12.1 Å². The maximum absolute atomic E-state index is 9.83. The van der Waals surface area contributed by atoms with Crippen molar-refractivity contribution in [2.45, 2.75) is 0 Å². The summed E-state index contributed by atoms with van der Waals surface area (Å²) in [4.78, 5) is 22.2. The third-order valence-electron chi connectivity index (χ3n) is 1.08. The molecule has 0 radical (unpaired) electrons. The lowest BCUT2D eigenvalue weighted by molar-refractivity contribution is 0.256. The van der Waals surface area contributed by atoms with Gasteiger partial charge in [0.2, 0.25) is 6.08 Å². The molecule has 0 bridgehead atoms. The molecule has 0 aromatic heterocycles. The molecule has 0 aliphatic carbocycles. The number of urea groups is 1. The van der Waals surface area contributed by atoms with Gasteiger partial charge in [-0.2, -0.15) is 4.99 Å². The Morgan fingerprint density at radius 1 is 1.33 bits per heavy atom. The molecule has 0 saturated heterocycles. The fourth-order valence-corrected chi connectivity index (χ4v) is 1.07. The fourth-order valence-electron chi connectivity index (χ4n) is 0.621. The molecule has 0 atom stereocenters. The third-order valence-corrected chi connectivity index (χ3v) is 1.61. The average molecular weight is 248 g/mol. The van der Waals surface area contributed by atoms with Gasteiger partial charge in [0.25, 0.3) is 0 Å². The average Bonchev–Trinajstić information content (AvgIpc) is 2.09. The number of hydrogen-bond acceptors (Lipinski definition) is 3. The highest BCUT2D eigenvalue weighted by Crippen LogP contribution is 2.26. The Hall–Kier alpha value is -1.55. The molecule has 80 valence electrons. The molecule has 0 fully saturated rings. The zero-order valence-electron chi connectivity index (χ0n) is 7.41. The van der Waals surface area contributed by atoms with E-state index in [0.29, 0.717) is 15.7 Å². The number of benzene rings is 1. The van der Waals surface area contributed by atoms with Crippen molar-refractivity contribution in [2.24, 2.45) is 16.5 Å². The predicted molar refractivity (Wildman–Crippen MR) is 58.0 cm³/mol. The van der Waals surface area contributed by atoms with Gasteiger partial charge < -0.3 is 11.5 Å². The molecule has 2 amide bonds. The van der Waals surface area contributed by atoms with Crippen molar-refractivity contribution >= 4 is 41.0 Å². The first-order valence-electron chi connectivity index (χ1n) is 3.55. The fraction of sp³-hybridized carbons (Fsp3) is 0. The van der Waals surface area contributed by atoms with Gasteiger partial charge in [-0.05, 0) is 18.2 Å². The second-order valence-corrected chi connectivity index (χ2v) is 3.04. The number of isocyanates is 1. The molecule has 1 aromatic rings. The van der Waals surface area contributed by atoms with E-state index < -0.39 is 6.03 Å². The topological polar surface area (TPSA) is 98.5 Å². The van der Waals surface area contributed by atoms with Crippen LogP contribution in [0.25, 0.3) is 0 Å². The van der Waals surface area contributed by atoms with Crippen LogP contribution in [0.3, 0.4) is 0 Å². The van der Waals surface area contributed by atoms with Crippen molar-refractivity contribution in [2.75, 3.05) is 0 Å². The Morgan fingerprint density at radius 3 is 2.27 bits per heavy atom. The molecule has 5 nitrogen and oxygen atoms in total. The summed E-state index contributed by atoms with van der Waals surface area (Å²) >= 11 is 11.2. The van der Waals surface area contributed by atoms with Gasteiger partial charge >= 0.3 is 6.03 Å². The standard InChI is InChI=1S/C7H3Cl2NO.CH4N2O/c8-5-1-2-7(10-4-11)6(9)3-5;2-1(3)4/h1-3H;(H4,2,3,4). The smallest absolute Gasteiger partial charge is 0.309 e. The van der Waals surface area contributed by atoms with Crippen LogP contribution in [0, 0.1) is 0 Å². The van der Waals surface area contributed by atoms with Crippen molar-refractivity contribution < 1.29 is 9.59 Å². The number of halogens is 2. The van der Waals surface area contributed by atoms with Gasteiger partial charge in [-0.1, -0.05) is 23.2 Å². The molecule has 15 heavy (non-hydrogen) atoms. The molecule has 0 saturated carbocycles. The molecule has 0 heterocycles. The third kappa shape index (κ3) is 6.51. The molecule has 0 aliphatic rings. The zero-order chi connectivity index (χ0) is 11.8. The normalized spacial score (nSPS) is 8.13. The Kier molecular flexibility index (Phi) is 6.13. The number of rotatable bonds is 1. The van der Waals surface area contributed by atoms with Crippen molar-refractivity contribution in [1.29, 1.82) is 0 Å². The second kappa shape index (κ2) is 6.84. The first-order chi connectivity index (χ1) is 6.97. The van der Waals surface area contributed by atoms with Crippen LogP contribution >= 0.6 is 23.2 Å². The summed E-state index contributed by atoms with van der Waals surface area (Å²) < 4.78 is 0. The van der Waals surface area contributed by atoms with Crippen molar-refractivity contribution in [3.05, 3.63) is 28.2 Å². The minimum Gasteiger partial charge on any atom is -0.352 e. The first kappa shape index (κ1) is 13.5. The van der Waals surface area contributed by atoms with E-state index in [9.17, 15) is 4.79 Å². The van der Waals surface area contributed by atoms with Crippen LogP contribution in [-0.4, -0.2) is 12.1 Å². The number of carbonyl (C=O) groups is 1. The van der Waals surface area contributed by atoms with Crippen LogP contribution in [-0.2, 0) is 4.79 Å². The number of carbonyl (C=O) groups excluding carboxylic acids is 2. The van der Waals surface area contributed by atoms with Crippen LogP contribution in [0.15, 0.2) is 23.2 Å². The van der Waals surface area contributed by atoms with Gasteiger partial charge in [0.15, 0.2) is 0 Å². The van der Waals surface area contributed by atoms with E-state index in [0.717, 1.165) is 0 Å². The van der Waals surface area contributed by atoms with Crippen molar-refractivity contribution in [3.8, 4) is 0 Å². The van der Waals surface area contributed by atoms with Gasteiger partial charge in [-0.3, -0.25) is 0 Å². The summed E-state index contributed by atoms with van der Waals surface area (Å²) in [5, 5.41) is 0.862. The quantitative estimate of drug-likeness (QED) is 0.586. The molecule has 1 aromatic carbocycles. The molecule has 1 rings (SSSR count). The molecule has 0 unspecified atom stereocenters. The Labute approximate surface area is 95.7 Å². The zero-order valence-corrected chi connectivity index (χ0v) is 8.92. The van der Waals surface area contributed by atoms with E-state index >= 15 is 0 Å². The highest BCUT2D eigenvalue weighted by atomic mass is 35.5. The predicted octanol–water partition coefficient (Wildman–Crippen LogP) is 1.98. The molecule has 0 aliphatic heterocycles. The van der Waals surface area contributed by atoms with Crippen LogP contribution in [0.1, 0.15) is 0 Å². The molecule has 4 N–H and O–H groups in total. The Balaban J connectivity index is 0.000000423. The summed E-state index contributed by atoms with van der Waals surface area (Å²) in [5.41, 5.74) is 8.88. The van der Waals surface area contributed by atoms with Gasteiger partial charge in [0.05, 0.1) is 10.7 Å². The Bertz CT molecular complexity index is 399. The van der Waals surface area contributed by atoms with Crippen LogP contribution < -0.4 is 11.5 Å². The molecular weight excluding hydrogens is 241 g/mol. The molecular formula is C8H7Cl2N3O2. The lowest BCUT2D eigenvalue weighted by Gasteiger charge is -1.94. The summed E-state index contributed by atoms with van der Waals surface area (Å²) in [6.07, 6.45) is 1.39. The number of nitrogens with two attached hydrogens (primary N) is 2. The minimum atomic E-state index is -0.833. The summed E-state index contributed by atoms with van der Waals surface area (Å²) in [5.74, 6) is 0. The minimum absolute atomic E-state index is 0.348. The lowest BCUT2D eigenvalue weighted by Crippen LogP contribution is -2.18. The SMILES string of the molecule is NC(N)=O.O=C=Nc1ccc(Cl)cc1Cl. The van der Waals surface area contributed by atoms with E-state index in [4.69, 9.17) is 28.0 Å². The molecule has 0 spiro atoms. The van der Waals surface area contributed by atoms with Gasteiger partial charge in [-0.25, -0.2) is 9.59 Å². The Morgan fingerprint density at radius 2 is 1.87 bits per heavy atom. The highest BCUT2D eigenvalue weighted by Gasteiger charge is 1.97. The first-order valence-corrected chi connectivity index (χ1v) is 4.30. The van der Waals surface area contributed by atoms with Crippen molar-refractivity contribution in [1.82, 2.24) is 0 Å². The van der Waals surface area contributed by atoms with E-state index in [1.807, 2.05) is 0 Å². The van der Waals surface area contributed by atoms with Crippen LogP contribution in [0.5, 0.6) is 0 Å². The summed E-state index contributed by atoms with van der Waals surface area (Å²) in [6, 6.07) is 3.83. The summed E-state index contributed by atoms with van der Waals surface area (Å²) in [7, 11) is 0. The summed E-state index contributed by atoms with van der Waals surface area (Å²) in [6.45, 7) is 0. The van der Waals surface area contributed by atoms with Crippen LogP contribution in [0.2, 0.25) is 10.0 Å². The van der Waals surface area contributed by atoms with Crippen LogP contribution in [0.4, 0.5) is 10.5 Å². The number of nitrogens with zero attached hydrogens (tertiary/aromatic N) is 1. The lowest BCUT2D eigenvalue weighted by atomic mass is 10.3. The van der Waals surface area contributed by atoms with E-state index in [-0.39, 0.29) is 0 Å². The van der Waals surface area contributed by atoms with E-state index in [1.54, 1.807) is 12.1 Å².